The summed E-state index contributed by atoms with van der Waals surface area (Å²) in [6.45, 7) is 2.19. The molecule has 0 fully saturated rings. The number of unbranched alkanes of at least 4 members (excludes halogenated alkanes) is 1. The predicted octanol–water partition coefficient (Wildman–Crippen LogP) is 4.34. The van der Waals surface area contributed by atoms with Crippen LogP contribution in [-0.2, 0) is 11.2 Å². The number of benzene rings is 2. The average Bonchev–Trinajstić information content (AvgIpc) is 3.15. The van der Waals surface area contributed by atoms with Gasteiger partial charge in [-0.1, -0.05) is 55.4 Å². The van der Waals surface area contributed by atoms with Crippen LogP contribution >= 0.6 is 11.8 Å². The fourth-order valence-electron chi connectivity index (χ4n) is 2.55. The van der Waals surface area contributed by atoms with Gasteiger partial charge in [0, 0.05) is 11.4 Å². The van der Waals surface area contributed by atoms with Gasteiger partial charge in [-0.25, -0.2) is 0 Å². The van der Waals surface area contributed by atoms with Gasteiger partial charge in [0.15, 0.2) is 5.16 Å². The van der Waals surface area contributed by atoms with Crippen molar-refractivity contribution < 1.29 is 4.79 Å². The maximum Gasteiger partial charge on any atom is 0.234 e. The minimum atomic E-state index is -0.0566. The first kappa shape index (κ1) is 18.2. The van der Waals surface area contributed by atoms with Crippen molar-refractivity contribution in [3.05, 3.63) is 66.5 Å². The molecule has 0 bridgehead atoms. The highest BCUT2D eigenvalue weighted by Crippen LogP contribution is 2.20. The minimum Gasteiger partial charge on any atom is -0.325 e. The van der Waals surface area contributed by atoms with Gasteiger partial charge in [-0.2, -0.15) is 0 Å². The van der Waals surface area contributed by atoms with Crippen molar-refractivity contribution in [1.29, 1.82) is 0 Å². The standard InChI is InChI=1S/C20H22N4OS/c1-2-3-7-16-10-12-17(13-11-16)22-19(25)14-26-20-23-21-15-24(20)18-8-5-4-6-9-18/h4-6,8-13,15H,2-3,7,14H2,1H3,(H,22,25). The quantitative estimate of drug-likeness (QED) is 0.603. The van der Waals surface area contributed by atoms with Crippen molar-refractivity contribution in [2.75, 3.05) is 11.1 Å². The van der Waals surface area contributed by atoms with Crippen LogP contribution in [0.25, 0.3) is 5.69 Å². The van der Waals surface area contributed by atoms with Crippen LogP contribution in [0.15, 0.2) is 66.1 Å². The third-order valence-corrected chi connectivity index (χ3v) is 4.88. The molecule has 0 unspecified atom stereocenters. The van der Waals surface area contributed by atoms with Gasteiger partial charge in [-0.3, -0.25) is 9.36 Å². The molecular formula is C20H22N4OS. The van der Waals surface area contributed by atoms with Gasteiger partial charge in [0.2, 0.25) is 5.91 Å². The van der Waals surface area contributed by atoms with E-state index in [0.29, 0.717) is 5.16 Å². The predicted molar refractivity (Wildman–Crippen MR) is 106 cm³/mol. The van der Waals surface area contributed by atoms with E-state index >= 15 is 0 Å². The Morgan fingerprint density at radius 2 is 1.88 bits per heavy atom. The highest BCUT2D eigenvalue weighted by molar-refractivity contribution is 7.99. The van der Waals surface area contributed by atoms with E-state index in [0.717, 1.165) is 17.8 Å². The van der Waals surface area contributed by atoms with E-state index < -0.39 is 0 Å². The van der Waals surface area contributed by atoms with Crippen molar-refractivity contribution in [2.24, 2.45) is 0 Å². The Labute approximate surface area is 157 Å². The topological polar surface area (TPSA) is 59.8 Å². The summed E-state index contributed by atoms with van der Waals surface area (Å²) in [6.07, 6.45) is 5.11. The number of para-hydroxylation sites is 1. The molecule has 1 amide bonds. The number of aryl methyl sites for hydroxylation is 1. The number of amides is 1. The van der Waals surface area contributed by atoms with E-state index in [9.17, 15) is 4.79 Å². The Morgan fingerprint density at radius 1 is 1.12 bits per heavy atom. The molecule has 0 radical (unpaired) electrons. The fourth-order valence-corrected chi connectivity index (χ4v) is 3.28. The van der Waals surface area contributed by atoms with E-state index in [4.69, 9.17) is 0 Å². The van der Waals surface area contributed by atoms with Gasteiger partial charge in [-0.05, 0) is 42.7 Å². The molecule has 0 aliphatic heterocycles. The molecule has 26 heavy (non-hydrogen) atoms. The first-order valence-electron chi connectivity index (χ1n) is 8.73. The smallest absolute Gasteiger partial charge is 0.234 e. The largest absolute Gasteiger partial charge is 0.325 e. The zero-order chi connectivity index (χ0) is 18.2. The number of nitrogens with zero attached hydrogens (tertiary/aromatic N) is 3. The molecule has 1 N–H and O–H groups in total. The van der Waals surface area contributed by atoms with E-state index in [2.05, 4.69) is 34.6 Å². The SMILES string of the molecule is CCCCc1ccc(NC(=O)CSc2nncn2-c2ccccc2)cc1. The molecule has 0 saturated carbocycles. The van der Waals surface area contributed by atoms with Gasteiger partial charge in [0.05, 0.1) is 5.75 Å². The summed E-state index contributed by atoms with van der Waals surface area (Å²) in [5.41, 5.74) is 3.10. The monoisotopic (exact) mass is 366 g/mol. The van der Waals surface area contributed by atoms with E-state index in [-0.39, 0.29) is 11.7 Å². The summed E-state index contributed by atoms with van der Waals surface area (Å²) >= 11 is 1.37. The van der Waals surface area contributed by atoms with Crippen LogP contribution in [0.3, 0.4) is 0 Å². The molecule has 134 valence electrons. The molecule has 6 heteroatoms. The highest BCUT2D eigenvalue weighted by atomic mass is 32.2. The number of rotatable bonds is 8. The van der Waals surface area contributed by atoms with Crippen molar-refractivity contribution in [1.82, 2.24) is 14.8 Å². The van der Waals surface area contributed by atoms with E-state index in [1.165, 1.54) is 30.2 Å². The zero-order valence-corrected chi connectivity index (χ0v) is 15.6. The zero-order valence-electron chi connectivity index (χ0n) is 14.8. The second-order valence-corrected chi connectivity index (χ2v) is 6.90. The Kier molecular flexibility index (Phi) is 6.44. The number of hydrogen-bond acceptors (Lipinski definition) is 4. The van der Waals surface area contributed by atoms with Crippen LogP contribution in [0.4, 0.5) is 5.69 Å². The Morgan fingerprint density at radius 3 is 2.62 bits per heavy atom. The molecular weight excluding hydrogens is 344 g/mol. The summed E-state index contributed by atoms with van der Waals surface area (Å²) in [7, 11) is 0. The second-order valence-electron chi connectivity index (χ2n) is 5.96. The van der Waals surface area contributed by atoms with Gasteiger partial charge in [-0.15, -0.1) is 10.2 Å². The molecule has 0 aliphatic carbocycles. The number of anilines is 1. The first-order valence-corrected chi connectivity index (χ1v) is 9.72. The molecule has 3 aromatic rings. The van der Waals surface area contributed by atoms with Crippen LogP contribution in [0.1, 0.15) is 25.3 Å². The molecule has 0 saturated heterocycles. The summed E-state index contributed by atoms with van der Waals surface area (Å²) in [5.74, 6) is 0.224. The maximum absolute atomic E-state index is 12.2. The molecule has 0 atom stereocenters. The van der Waals surface area contributed by atoms with Gasteiger partial charge in [0.25, 0.3) is 0 Å². The van der Waals surface area contributed by atoms with Crippen molar-refractivity contribution in [3.63, 3.8) is 0 Å². The third kappa shape index (κ3) is 4.95. The summed E-state index contributed by atoms with van der Waals surface area (Å²) in [4.78, 5) is 12.2. The lowest BCUT2D eigenvalue weighted by Gasteiger charge is -2.07. The molecule has 0 spiro atoms. The molecule has 0 aliphatic rings. The molecule has 3 rings (SSSR count). The minimum absolute atomic E-state index is 0.0566. The van der Waals surface area contributed by atoms with Crippen LogP contribution < -0.4 is 5.32 Å². The molecule has 1 heterocycles. The summed E-state index contributed by atoms with van der Waals surface area (Å²) in [6, 6.07) is 17.9. The van der Waals surface area contributed by atoms with Crippen molar-refractivity contribution >= 4 is 23.4 Å². The van der Waals surface area contributed by atoms with E-state index in [1.807, 2.05) is 47.0 Å². The second kappa shape index (κ2) is 9.20. The Hall–Kier alpha value is -2.60. The highest BCUT2D eigenvalue weighted by Gasteiger charge is 2.10. The third-order valence-electron chi connectivity index (χ3n) is 3.94. The van der Waals surface area contributed by atoms with Crippen LogP contribution in [0.2, 0.25) is 0 Å². The lowest BCUT2D eigenvalue weighted by atomic mass is 10.1. The first-order chi connectivity index (χ1) is 12.8. The van der Waals surface area contributed by atoms with Crippen molar-refractivity contribution in [3.8, 4) is 5.69 Å². The molecule has 2 aromatic carbocycles. The summed E-state index contributed by atoms with van der Waals surface area (Å²) in [5, 5.41) is 11.7. The number of carbonyl (C=O) groups is 1. The average molecular weight is 366 g/mol. The fraction of sp³-hybridized carbons (Fsp3) is 0.250. The van der Waals surface area contributed by atoms with Crippen LogP contribution in [-0.4, -0.2) is 26.4 Å². The number of thioether (sulfide) groups is 1. The van der Waals surface area contributed by atoms with E-state index in [1.54, 1.807) is 6.33 Å². The lowest BCUT2D eigenvalue weighted by molar-refractivity contribution is -0.113. The number of nitrogens with one attached hydrogen (secondary N) is 1. The van der Waals surface area contributed by atoms with Gasteiger partial charge in [0.1, 0.15) is 6.33 Å². The molecule has 1 aromatic heterocycles. The van der Waals surface area contributed by atoms with Crippen LogP contribution in [0, 0.1) is 0 Å². The normalized spacial score (nSPS) is 10.7. The number of carbonyl (C=O) groups excluding carboxylic acids is 1. The van der Waals surface area contributed by atoms with Crippen LogP contribution in [0.5, 0.6) is 0 Å². The number of hydrogen-bond donors (Lipinski definition) is 1. The molecule has 5 nitrogen and oxygen atoms in total. The van der Waals surface area contributed by atoms with Gasteiger partial charge < -0.3 is 5.32 Å². The Balaban J connectivity index is 1.54. The summed E-state index contributed by atoms with van der Waals surface area (Å²) < 4.78 is 1.88. The van der Waals surface area contributed by atoms with Crippen molar-refractivity contribution in [2.45, 2.75) is 31.3 Å². The lowest BCUT2D eigenvalue weighted by Crippen LogP contribution is -2.14. The van der Waals surface area contributed by atoms with Gasteiger partial charge >= 0.3 is 0 Å². The maximum atomic E-state index is 12.2. The Bertz CT molecular complexity index is 831. The number of aromatic nitrogens is 3.